The molecule has 0 saturated carbocycles. The second kappa shape index (κ2) is 3.65. The standard InChI is InChI=1S/C9H7NO2.Al/c11-8-5-6-3-1-2-4-7(6)10-9(8)12;/h1-5,11H,(H,10,12);/q;+3. The minimum atomic E-state index is -0.450. The quantitative estimate of drug-likeness (QED) is 0.602. The topological polar surface area (TPSA) is 53.1 Å². The van der Waals surface area contributed by atoms with E-state index in [1.807, 2.05) is 18.2 Å². The van der Waals surface area contributed by atoms with Crippen molar-refractivity contribution in [2.24, 2.45) is 0 Å². The van der Waals surface area contributed by atoms with Gasteiger partial charge >= 0.3 is 17.4 Å². The zero-order valence-corrected chi connectivity index (χ0v) is 7.97. The molecule has 0 aliphatic heterocycles. The van der Waals surface area contributed by atoms with Crippen molar-refractivity contribution >= 4 is 28.3 Å². The fraction of sp³-hybridized carbons (Fsp3) is 0. The minimum absolute atomic E-state index is 0. The molecule has 0 spiro atoms. The van der Waals surface area contributed by atoms with Crippen LogP contribution < -0.4 is 5.56 Å². The fourth-order valence-electron chi connectivity index (χ4n) is 1.14. The van der Waals surface area contributed by atoms with Gasteiger partial charge in [-0.2, -0.15) is 0 Å². The van der Waals surface area contributed by atoms with E-state index >= 15 is 0 Å². The monoisotopic (exact) mass is 188 g/mol. The van der Waals surface area contributed by atoms with Gasteiger partial charge in [0.2, 0.25) is 0 Å². The number of nitrogens with one attached hydrogen (secondary N) is 1. The van der Waals surface area contributed by atoms with Crippen LogP contribution in [0.4, 0.5) is 0 Å². The molecule has 0 aliphatic rings. The molecule has 0 saturated heterocycles. The zero-order chi connectivity index (χ0) is 8.55. The number of hydrogen-bond donors (Lipinski definition) is 2. The van der Waals surface area contributed by atoms with E-state index in [4.69, 9.17) is 5.11 Å². The number of aromatic hydroxyl groups is 1. The van der Waals surface area contributed by atoms with Crippen molar-refractivity contribution in [1.29, 1.82) is 0 Å². The number of pyridine rings is 1. The van der Waals surface area contributed by atoms with E-state index in [9.17, 15) is 4.79 Å². The first kappa shape index (κ1) is 9.85. The van der Waals surface area contributed by atoms with Crippen molar-refractivity contribution in [3.05, 3.63) is 40.7 Å². The summed E-state index contributed by atoms with van der Waals surface area (Å²) < 4.78 is 0. The number of H-pyrrole nitrogens is 1. The fourth-order valence-corrected chi connectivity index (χ4v) is 1.14. The molecule has 60 valence electrons. The largest absolute Gasteiger partial charge is 3.00 e. The molecule has 1 aromatic heterocycles. The van der Waals surface area contributed by atoms with Crippen LogP contribution in [0.3, 0.4) is 0 Å². The van der Waals surface area contributed by atoms with Crippen LogP contribution in [-0.4, -0.2) is 27.5 Å². The Bertz CT molecular complexity index is 478. The zero-order valence-electron chi connectivity index (χ0n) is 6.82. The summed E-state index contributed by atoms with van der Waals surface area (Å²) in [6.07, 6.45) is 0. The summed E-state index contributed by atoms with van der Waals surface area (Å²) in [5.74, 6) is -0.242. The summed E-state index contributed by atoms with van der Waals surface area (Å²) in [6, 6.07) is 8.74. The average Bonchev–Trinajstić information content (AvgIpc) is 2.07. The predicted octanol–water partition coefficient (Wildman–Crippen LogP) is 0.853. The normalized spacial score (nSPS) is 9.54. The summed E-state index contributed by atoms with van der Waals surface area (Å²) in [4.78, 5) is 13.5. The van der Waals surface area contributed by atoms with Crippen molar-refractivity contribution in [2.75, 3.05) is 0 Å². The second-order valence-electron chi connectivity index (χ2n) is 2.57. The van der Waals surface area contributed by atoms with Crippen LogP contribution in [0.5, 0.6) is 5.75 Å². The third-order valence-corrected chi connectivity index (χ3v) is 1.73. The number of hydrogen-bond acceptors (Lipinski definition) is 2. The summed E-state index contributed by atoms with van der Waals surface area (Å²) in [5, 5.41) is 9.90. The number of fused-ring (bicyclic) bond motifs is 1. The van der Waals surface area contributed by atoms with E-state index in [0.29, 0.717) is 0 Å². The van der Waals surface area contributed by atoms with E-state index in [1.165, 1.54) is 6.07 Å². The van der Waals surface area contributed by atoms with Crippen LogP contribution in [-0.2, 0) is 0 Å². The van der Waals surface area contributed by atoms with E-state index in [0.717, 1.165) is 10.9 Å². The van der Waals surface area contributed by atoms with Gasteiger partial charge in [-0.15, -0.1) is 0 Å². The van der Waals surface area contributed by atoms with E-state index in [-0.39, 0.29) is 23.1 Å². The second-order valence-corrected chi connectivity index (χ2v) is 2.57. The van der Waals surface area contributed by atoms with Crippen LogP contribution in [0.25, 0.3) is 10.9 Å². The van der Waals surface area contributed by atoms with Gasteiger partial charge in [0.25, 0.3) is 5.56 Å². The van der Waals surface area contributed by atoms with Gasteiger partial charge in [0.05, 0.1) is 0 Å². The summed E-state index contributed by atoms with van der Waals surface area (Å²) >= 11 is 0. The number of para-hydroxylation sites is 1. The molecule has 2 rings (SSSR count). The van der Waals surface area contributed by atoms with Crippen LogP contribution in [0, 0.1) is 0 Å². The molecule has 0 atom stereocenters. The van der Waals surface area contributed by atoms with Gasteiger partial charge in [-0.25, -0.2) is 0 Å². The first-order valence-electron chi connectivity index (χ1n) is 3.58. The van der Waals surface area contributed by atoms with Crippen molar-refractivity contribution in [3.63, 3.8) is 0 Å². The molecule has 4 heteroatoms. The molecule has 13 heavy (non-hydrogen) atoms. The van der Waals surface area contributed by atoms with Crippen molar-refractivity contribution in [2.45, 2.75) is 0 Å². The molecule has 0 unspecified atom stereocenters. The molecule has 2 N–H and O–H groups in total. The SMILES string of the molecule is O=c1[nH]c2ccccc2cc1O.[Al+3]. The molecule has 0 amide bonds. The molecule has 0 bridgehead atoms. The predicted molar refractivity (Wildman–Crippen MR) is 52.0 cm³/mol. The van der Waals surface area contributed by atoms with E-state index in [1.54, 1.807) is 6.07 Å². The van der Waals surface area contributed by atoms with E-state index in [2.05, 4.69) is 4.98 Å². The smallest absolute Gasteiger partial charge is 0.503 e. The maximum absolute atomic E-state index is 10.9. The number of benzene rings is 1. The Labute approximate surface area is 85.2 Å². The molecule has 3 nitrogen and oxygen atoms in total. The Kier molecular flexibility index (Phi) is 2.77. The van der Waals surface area contributed by atoms with Gasteiger partial charge in [-0.1, -0.05) is 18.2 Å². The van der Waals surface area contributed by atoms with Crippen molar-refractivity contribution < 1.29 is 5.11 Å². The van der Waals surface area contributed by atoms with Crippen molar-refractivity contribution in [3.8, 4) is 5.75 Å². The molecule has 2 aromatic rings. The van der Waals surface area contributed by atoms with Crippen LogP contribution in [0.15, 0.2) is 35.1 Å². The maximum atomic E-state index is 10.9. The Hall–Kier alpha value is -1.24. The molecule has 0 radical (unpaired) electrons. The molecular formula is C9H7AlNO2+3. The van der Waals surface area contributed by atoms with Crippen LogP contribution in [0.1, 0.15) is 0 Å². The van der Waals surface area contributed by atoms with Gasteiger partial charge in [0, 0.05) is 10.9 Å². The molecule has 0 aliphatic carbocycles. The third-order valence-electron chi connectivity index (χ3n) is 1.73. The Balaban J connectivity index is 0.000000845. The first-order valence-corrected chi connectivity index (χ1v) is 3.58. The van der Waals surface area contributed by atoms with Gasteiger partial charge in [-0.05, 0) is 12.1 Å². The Morgan fingerprint density at radius 1 is 1.23 bits per heavy atom. The minimum Gasteiger partial charge on any atom is -0.503 e. The molecular weight excluding hydrogens is 181 g/mol. The summed E-state index contributed by atoms with van der Waals surface area (Å²) in [7, 11) is 0. The summed E-state index contributed by atoms with van der Waals surface area (Å²) in [6.45, 7) is 0. The number of aromatic nitrogens is 1. The average molecular weight is 188 g/mol. The van der Waals surface area contributed by atoms with Crippen molar-refractivity contribution in [1.82, 2.24) is 4.98 Å². The third kappa shape index (κ3) is 1.74. The molecule has 1 heterocycles. The van der Waals surface area contributed by atoms with Crippen LogP contribution >= 0.6 is 0 Å². The molecule has 0 fully saturated rings. The number of rotatable bonds is 0. The maximum Gasteiger partial charge on any atom is 3.00 e. The van der Waals surface area contributed by atoms with Gasteiger partial charge in [0.15, 0.2) is 5.75 Å². The first-order chi connectivity index (χ1) is 5.77. The Morgan fingerprint density at radius 2 is 1.92 bits per heavy atom. The Morgan fingerprint density at radius 3 is 2.69 bits per heavy atom. The van der Waals surface area contributed by atoms with Gasteiger partial charge in [0.1, 0.15) is 0 Å². The van der Waals surface area contributed by atoms with E-state index < -0.39 is 5.56 Å². The van der Waals surface area contributed by atoms with Gasteiger partial charge in [-0.3, -0.25) is 4.79 Å². The summed E-state index contributed by atoms with van der Waals surface area (Å²) in [5.41, 5.74) is 0.286. The molecule has 1 aromatic carbocycles. The number of aromatic amines is 1. The van der Waals surface area contributed by atoms with Crippen LogP contribution in [0.2, 0.25) is 0 Å². The van der Waals surface area contributed by atoms with Gasteiger partial charge < -0.3 is 10.1 Å².